The van der Waals surface area contributed by atoms with E-state index in [1.165, 1.54) is 6.92 Å². The molecule has 2 heterocycles. The molecule has 0 aliphatic carbocycles. The summed E-state index contributed by atoms with van der Waals surface area (Å²) < 4.78 is 77.7. The first-order valence-corrected chi connectivity index (χ1v) is 30.7. The van der Waals surface area contributed by atoms with Crippen LogP contribution in [0.25, 0.3) is 0 Å². The smallest absolute Gasteiger partial charge is 0.303 e. The highest BCUT2D eigenvalue weighted by Gasteiger charge is 2.55. The quantitative estimate of drug-likeness (QED) is 0.0328. The molecule has 0 saturated carbocycles. The van der Waals surface area contributed by atoms with Crippen molar-refractivity contribution in [2.45, 2.75) is 120 Å². The van der Waals surface area contributed by atoms with Crippen molar-refractivity contribution in [3.8, 4) is 5.75 Å². The van der Waals surface area contributed by atoms with Crippen LogP contribution in [0.4, 0.5) is 0 Å². The summed E-state index contributed by atoms with van der Waals surface area (Å²) >= 11 is 0. The third-order valence-electron chi connectivity index (χ3n) is 16.4. The summed E-state index contributed by atoms with van der Waals surface area (Å²) in [4.78, 5) is 13.9. The van der Waals surface area contributed by atoms with Crippen molar-refractivity contribution < 1.29 is 56.9 Å². The zero-order valence-corrected chi connectivity index (χ0v) is 50.4. The second-order valence-electron chi connectivity index (χ2n) is 22.5. The van der Waals surface area contributed by atoms with Gasteiger partial charge in [-0.3, -0.25) is 4.79 Å². The number of rotatable bonds is 29. The Morgan fingerprint density at radius 2 is 0.652 bits per heavy atom. The largest absolute Gasteiger partial charge is 0.497 e. The molecule has 2 saturated heterocycles. The summed E-state index contributed by atoms with van der Waals surface area (Å²) in [5.74, 6) is 0.182. The predicted octanol–water partition coefficient (Wildman–Crippen LogP) is 14.0. The molecule has 2 aliphatic heterocycles. The van der Waals surface area contributed by atoms with Crippen molar-refractivity contribution in [3.63, 3.8) is 0 Å². The van der Waals surface area contributed by atoms with Crippen LogP contribution in [0.2, 0.25) is 0 Å². The zero-order chi connectivity index (χ0) is 60.9. The SMILES string of the molecule is COc1ccc(C(OC[C@H]2O[C@H](C[C@H]3O[C@H](COCc4ccccc4)[C@@H](OCc4ccccc4)[C@H](OCc4ccccc4)[C@H]3OCc3ccccc3)[C@@H](OC(C)=O)[C@@H](OCc3ccccc3)[C@@H]2OCc2ccccc2)(c2ccccc2)c2ccccc2)cc1. The first kappa shape index (κ1) is 62.5. The summed E-state index contributed by atoms with van der Waals surface area (Å²) in [6.45, 7) is 2.93. The lowest BCUT2D eigenvalue weighted by Crippen LogP contribution is -2.65. The number of benzene rings is 9. The second-order valence-corrected chi connectivity index (χ2v) is 22.5. The van der Waals surface area contributed by atoms with Crippen LogP contribution in [0.1, 0.15) is 63.4 Å². The molecule has 2 fully saturated rings. The monoisotopic (exact) mass is 1190 g/mol. The molecule has 0 bridgehead atoms. The van der Waals surface area contributed by atoms with E-state index < -0.39 is 72.6 Å². The Morgan fingerprint density at radius 3 is 1.02 bits per heavy atom. The highest BCUT2D eigenvalue weighted by molar-refractivity contribution is 5.66. The van der Waals surface area contributed by atoms with E-state index in [2.05, 4.69) is 24.3 Å². The lowest BCUT2D eigenvalue weighted by molar-refractivity contribution is -0.296. The molecule has 12 nitrogen and oxygen atoms in total. The van der Waals surface area contributed by atoms with E-state index in [0.717, 1.165) is 50.1 Å². The van der Waals surface area contributed by atoms with Gasteiger partial charge in [0.2, 0.25) is 0 Å². The fourth-order valence-corrected chi connectivity index (χ4v) is 12.0. The molecule has 9 aromatic rings. The van der Waals surface area contributed by atoms with Gasteiger partial charge in [-0.25, -0.2) is 0 Å². The average molecular weight is 1200 g/mol. The number of hydrogen-bond donors (Lipinski definition) is 0. The Balaban J connectivity index is 1.03. The van der Waals surface area contributed by atoms with Crippen LogP contribution in [0.3, 0.4) is 0 Å². The predicted molar refractivity (Wildman–Crippen MR) is 340 cm³/mol. The van der Waals surface area contributed by atoms with E-state index in [1.54, 1.807) is 7.11 Å². The third kappa shape index (κ3) is 16.6. The van der Waals surface area contributed by atoms with E-state index in [4.69, 9.17) is 52.1 Å². The molecule has 458 valence electrons. The minimum absolute atomic E-state index is 0.0304. The van der Waals surface area contributed by atoms with Gasteiger partial charge in [-0.15, -0.1) is 0 Å². The Bertz CT molecular complexity index is 3420. The van der Waals surface area contributed by atoms with E-state index >= 15 is 0 Å². The molecule has 9 aromatic carbocycles. The van der Waals surface area contributed by atoms with Gasteiger partial charge < -0.3 is 52.1 Å². The Kier molecular flexibility index (Phi) is 22.4. The van der Waals surface area contributed by atoms with Crippen LogP contribution in [-0.2, 0) is 97.4 Å². The van der Waals surface area contributed by atoms with Crippen molar-refractivity contribution >= 4 is 5.97 Å². The summed E-state index contributed by atoms with van der Waals surface area (Å²) in [6, 6.07) is 88.6. The van der Waals surface area contributed by atoms with E-state index in [1.807, 2.05) is 243 Å². The van der Waals surface area contributed by atoms with E-state index in [0.29, 0.717) is 12.4 Å². The van der Waals surface area contributed by atoms with Crippen LogP contribution >= 0.6 is 0 Å². The minimum Gasteiger partial charge on any atom is -0.497 e. The number of carbonyl (C=O) groups excluding carboxylic acids is 1. The van der Waals surface area contributed by atoms with Crippen LogP contribution in [0, 0.1) is 0 Å². The standard InChI is InChI=1S/C77H78O12/c1-56(78)87-74-68(47-67-71(81-49-58-29-13-4-14-30-58)75(84-52-61-35-19-7-20-36-61)72(82-50-59-31-15-5-16-32-59)69(88-67)54-80-48-57-27-11-3-12-28-57)89-70(73(83-51-60-33-17-6-18-34-60)76(74)85-53-62-37-21-8-22-38-62)55-86-77(63-39-23-9-24-40-63,64-41-25-10-26-42-64)65-43-45-66(79-2)46-44-65/h3-46,67-76H,47-55H2,1-2H3/t67-,68-,69-,70-,71+,72-,73-,74-,75-,76+/m1/s1. The van der Waals surface area contributed by atoms with Crippen LogP contribution in [-0.4, -0.2) is 87.3 Å². The molecular formula is C77H78O12. The Morgan fingerprint density at radius 1 is 0.348 bits per heavy atom. The molecule has 11 rings (SSSR count). The molecule has 0 spiro atoms. The lowest BCUT2D eigenvalue weighted by Gasteiger charge is -2.50. The first-order chi connectivity index (χ1) is 43.9. The molecule has 0 radical (unpaired) electrons. The fraction of sp³-hybridized carbons (Fsp3) is 0.286. The highest BCUT2D eigenvalue weighted by atomic mass is 16.6. The second kappa shape index (κ2) is 31.9. The van der Waals surface area contributed by atoms with Crippen LogP contribution in [0.5, 0.6) is 5.75 Å². The molecule has 89 heavy (non-hydrogen) atoms. The van der Waals surface area contributed by atoms with Crippen molar-refractivity contribution in [1.29, 1.82) is 0 Å². The maximum absolute atomic E-state index is 13.9. The summed E-state index contributed by atoms with van der Waals surface area (Å²) in [5.41, 5.74) is 7.22. The summed E-state index contributed by atoms with van der Waals surface area (Å²) in [6.07, 6.45) is -8.27. The highest BCUT2D eigenvalue weighted by Crippen LogP contribution is 2.44. The van der Waals surface area contributed by atoms with Crippen LogP contribution < -0.4 is 4.74 Å². The van der Waals surface area contributed by atoms with Gasteiger partial charge in [-0.05, 0) is 62.2 Å². The normalized spacial score (nSPS) is 21.8. The Labute approximate surface area is 523 Å². The van der Waals surface area contributed by atoms with Crippen molar-refractivity contribution in [2.75, 3.05) is 20.3 Å². The van der Waals surface area contributed by atoms with Gasteiger partial charge in [0, 0.05) is 13.3 Å². The van der Waals surface area contributed by atoms with Crippen molar-refractivity contribution in [3.05, 3.63) is 317 Å². The average Bonchev–Trinajstić information content (AvgIpc) is 1.23. The zero-order valence-electron chi connectivity index (χ0n) is 50.4. The molecular weight excluding hydrogens is 1120 g/mol. The topological polar surface area (TPSA) is 119 Å². The number of carbonyl (C=O) groups is 1. The van der Waals surface area contributed by atoms with E-state index in [9.17, 15) is 4.79 Å². The van der Waals surface area contributed by atoms with Gasteiger partial charge in [-0.2, -0.15) is 0 Å². The number of methoxy groups -OCH3 is 1. The van der Waals surface area contributed by atoms with Gasteiger partial charge in [0.1, 0.15) is 60.2 Å². The van der Waals surface area contributed by atoms with E-state index in [-0.39, 0.29) is 52.7 Å². The molecule has 0 amide bonds. The first-order valence-electron chi connectivity index (χ1n) is 30.7. The number of ether oxygens (including phenoxy) is 11. The Hall–Kier alpha value is -8.11. The van der Waals surface area contributed by atoms with Gasteiger partial charge in [0.15, 0.2) is 6.10 Å². The molecule has 10 atom stereocenters. The van der Waals surface area contributed by atoms with Crippen LogP contribution in [0.15, 0.2) is 267 Å². The number of hydrogen-bond acceptors (Lipinski definition) is 12. The molecule has 12 heteroatoms. The fourth-order valence-electron chi connectivity index (χ4n) is 12.0. The molecule has 2 aliphatic rings. The van der Waals surface area contributed by atoms with Gasteiger partial charge in [-0.1, -0.05) is 255 Å². The maximum Gasteiger partial charge on any atom is 0.303 e. The molecule has 0 N–H and O–H groups in total. The van der Waals surface area contributed by atoms with Gasteiger partial charge in [0.05, 0.1) is 66.1 Å². The molecule has 0 unspecified atom stereocenters. The third-order valence-corrected chi connectivity index (χ3v) is 16.4. The van der Waals surface area contributed by atoms with Gasteiger partial charge in [0.25, 0.3) is 0 Å². The van der Waals surface area contributed by atoms with Crippen molar-refractivity contribution in [2.24, 2.45) is 0 Å². The summed E-state index contributed by atoms with van der Waals surface area (Å²) in [5, 5.41) is 0. The summed E-state index contributed by atoms with van der Waals surface area (Å²) in [7, 11) is 1.66. The molecule has 0 aromatic heterocycles. The van der Waals surface area contributed by atoms with Gasteiger partial charge >= 0.3 is 5.97 Å². The lowest BCUT2D eigenvalue weighted by atomic mass is 9.80. The van der Waals surface area contributed by atoms with Crippen molar-refractivity contribution in [1.82, 2.24) is 0 Å². The maximum atomic E-state index is 13.9. The minimum atomic E-state index is -1.20. The number of esters is 1.